The number of esters is 1. The molecule has 0 aliphatic carbocycles. The topological polar surface area (TPSA) is 127 Å². The third-order valence-electron chi connectivity index (χ3n) is 5.48. The van der Waals surface area contributed by atoms with Crippen LogP contribution in [0.25, 0.3) is 0 Å². The molecule has 204 valence electrons. The average Bonchev–Trinajstić information content (AvgIpc) is 2.91. The monoisotopic (exact) mass is 524 g/mol. The van der Waals surface area contributed by atoms with E-state index in [2.05, 4.69) is 20.9 Å². The van der Waals surface area contributed by atoms with Crippen molar-refractivity contribution in [3.8, 4) is 5.75 Å². The van der Waals surface area contributed by atoms with E-state index in [1.165, 1.54) is 0 Å². The Morgan fingerprint density at radius 1 is 1.03 bits per heavy atom. The summed E-state index contributed by atoms with van der Waals surface area (Å²) in [6.45, 7) is 5.50. The minimum Gasteiger partial charge on any atom is -0.494 e. The molecule has 0 saturated carbocycles. The second-order valence-corrected chi connectivity index (χ2v) is 9.10. The number of rotatable bonds is 12. The first-order chi connectivity index (χ1) is 18.4. The van der Waals surface area contributed by atoms with E-state index < -0.39 is 18.1 Å². The summed E-state index contributed by atoms with van der Waals surface area (Å²) in [6, 6.07) is 15.6. The van der Waals surface area contributed by atoms with Gasteiger partial charge in [-0.15, -0.1) is 0 Å². The highest BCUT2D eigenvalue weighted by atomic mass is 16.6. The Kier molecular flexibility index (Phi) is 11.4. The quantitative estimate of drug-likeness (QED) is 0.288. The second-order valence-electron chi connectivity index (χ2n) is 9.10. The van der Waals surface area contributed by atoms with Crippen molar-refractivity contribution in [1.82, 2.24) is 16.0 Å². The van der Waals surface area contributed by atoms with Crippen molar-refractivity contribution in [2.45, 2.75) is 58.3 Å². The number of benzene rings is 2. The molecule has 0 radical (unpaired) electrons. The molecule has 1 heterocycles. The number of carbonyl (C=O) groups excluding carboxylic acids is 3. The Labute approximate surface area is 223 Å². The van der Waals surface area contributed by atoms with Gasteiger partial charge < -0.3 is 24.8 Å². The van der Waals surface area contributed by atoms with E-state index in [9.17, 15) is 14.4 Å². The summed E-state index contributed by atoms with van der Waals surface area (Å²) in [4.78, 5) is 41.2. The van der Waals surface area contributed by atoms with Crippen molar-refractivity contribution < 1.29 is 28.6 Å². The smallest absolute Gasteiger partial charge is 0.408 e. The summed E-state index contributed by atoms with van der Waals surface area (Å²) in [5.74, 6) is 0.534. The highest BCUT2D eigenvalue weighted by Gasteiger charge is 2.24. The molecule has 1 aliphatic rings. The first-order valence-corrected chi connectivity index (χ1v) is 12.9. The maximum Gasteiger partial charge on any atom is 0.408 e. The van der Waals surface area contributed by atoms with Gasteiger partial charge in [0.15, 0.2) is 5.96 Å². The number of hydrogen-bond donors (Lipinski definition) is 3. The van der Waals surface area contributed by atoms with Crippen LogP contribution in [-0.4, -0.2) is 55.8 Å². The maximum atomic E-state index is 12.6. The molecule has 0 unspecified atom stereocenters. The van der Waals surface area contributed by atoms with Crippen LogP contribution in [0.15, 0.2) is 59.6 Å². The fourth-order valence-corrected chi connectivity index (χ4v) is 3.61. The molecule has 1 aliphatic heterocycles. The third kappa shape index (κ3) is 10.5. The standard InChI is InChI=1S/C28H36N4O6/c1-20(2)38-26(34)24(31-28(35)37-19-22-8-4-3-5-9-22)18-21-11-13-23(14-12-21)36-17-6-10-25(33)32-27-29-15-7-16-30-27/h3-5,8-9,11-14,20,24H,6-7,10,15-19H2,1-2H3,(H,31,35)(H2,29,30,32,33)/t24-/m0/s1. The van der Waals surface area contributed by atoms with Crippen molar-refractivity contribution in [2.75, 3.05) is 19.7 Å². The number of guanidine groups is 1. The Balaban J connectivity index is 1.45. The van der Waals surface area contributed by atoms with Crippen LogP contribution in [0, 0.1) is 0 Å². The lowest BCUT2D eigenvalue weighted by Gasteiger charge is -2.19. The molecular formula is C28H36N4O6. The zero-order valence-electron chi connectivity index (χ0n) is 21.9. The van der Waals surface area contributed by atoms with Crippen LogP contribution in [0.1, 0.15) is 44.2 Å². The van der Waals surface area contributed by atoms with E-state index in [1.54, 1.807) is 26.0 Å². The summed E-state index contributed by atoms with van der Waals surface area (Å²) < 4.78 is 16.3. The van der Waals surface area contributed by atoms with Crippen LogP contribution in [0.2, 0.25) is 0 Å². The summed E-state index contributed by atoms with van der Waals surface area (Å²) in [7, 11) is 0. The normalized spacial score (nSPS) is 13.5. The summed E-state index contributed by atoms with van der Waals surface area (Å²) in [5, 5.41) is 8.43. The minimum atomic E-state index is -0.908. The molecule has 2 aromatic rings. The van der Waals surface area contributed by atoms with Crippen LogP contribution in [-0.2, 0) is 32.1 Å². The predicted octanol–water partition coefficient (Wildman–Crippen LogP) is 3.10. The van der Waals surface area contributed by atoms with Crippen molar-refractivity contribution in [3.63, 3.8) is 0 Å². The largest absolute Gasteiger partial charge is 0.494 e. The van der Waals surface area contributed by atoms with Crippen LogP contribution in [0.5, 0.6) is 5.75 Å². The van der Waals surface area contributed by atoms with E-state index >= 15 is 0 Å². The van der Waals surface area contributed by atoms with Gasteiger partial charge in [-0.05, 0) is 49.9 Å². The molecule has 0 bridgehead atoms. The van der Waals surface area contributed by atoms with Crippen molar-refractivity contribution in [1.29, 1.82) is 0 Å². The molecule has 10 heteroatoms. The van der Waals surface area contributed by atoms with Gasteiger partial charge in [0.2, 0.25) is 5.91 Å². The van der Waals surface area contributed by atoms with Gasteiger partial charge in [0.05, 0.1) is 12.7 Å². The lowest BCUT2D eigenvalue weighted by Crippen LogP contribution is -2.44. The van der Waals surface area contributed by atoms with E-state index in [0.29, 0.717) is 31.2 Å². The Morgan fingerprint density at radius 3 is 2.47 bits per heavy atom. The zero-order valence-corrected chi connectivity index (χ0v) is 21.9. The molecule has 2 amide bonds. The van der Waals surface area contributed by atoms with Gasteiger partial charge in [-0.25, -0.2) is 9.59 Å². The van der Waals surface area contributed by atoms with Gasteiger partial charge in [0.25, 0.3) is 0 Å². The van der Waals surface area contributed by atoms with Crippen molar-refractivity contribution in [3.05, 3.63) is 65.7 Å². The average molecular weight is 525 g/mol. The molecule has 10 nitrogen and oxygen atoms in total. The highest BCUT2D eigenvalue weighted by Crippen LogP contribution is 2.15. The van der Waals surface area contributed by atoms with Crippen LogP contribution in [0.4, 0.5) is 4.79 Å². The van der Waals surface area contributed by atoms with Crippen molar-refractivity contribution >= 4 is 23.9 Å². The van der Waals surface area contributed by atoms with E-state index in [4.69, 9.17) is 14.2 Å². The van der Waals surface area contributed by atoms with E-state index in [1.807, 2.05) is 42.5 Å². The molecule has 0 saturated heterocycles. The molecule has 1 atom stereocenters. The number of carbonyl (C=O) groups is 3. The van der Waals surface area contributed by atoms with E-state index in [0.717, 1.165) is 30.6 Å². The molecule has 38 heavy (non-hydrogen) atoms. The van der Waals surface area contributed by atoms with E-state index in [-0.39, 0.29) is 25.0 Å². The number of ether oxygens (including phenoxy) is 3. The first-order valence-electron chi connectivity index (χ1n) is 12.9. The van der Waals surface area contributed by atoms with Crippen LogP contribution >= 0.6 is 0 Å². The maximum absolute atomic E-state index is 12.6. The fourth-order valence-electron chi connectivity index (χ4n) is 3.61. The minimum absolute atomic E-state index is 0.0952. The number of aliphatic imine (C=N–C) groups is 1. The van der Waals surface area contributed by atoms with Gasteiger partial charge >= 0.3 is 12.1 Å². The molecule has 0 spiro atoms. The van der Waals surface area contributed by atoms with Crippen molar-refractivity contribution in [2.24, 2.45) is 4.99 Å². The lowest BCUT2D eigenvalue weighted by atomic mass is 10.1. The van der Waals surface area contributed by atoms with Crippen LogP contribution in [0.3, 0.4) is 0 Å². The molecule has 3 N–H and O–H groups in total. The Hall–Kier alpha value is -4.08. The summed E-state index contributed by atoms with van der Waals surface area (Å²) in [5.41, 5.74) is 1.65. The molecule has 0 fully saturated rings. The number of hydrogen-bond acceptors (Lipinski definition) is 8. The molecular weight excluding hydrogens is 488 g/mol. The number of nitrogens with zero attached hydrogens (tertiary/aromatic N) is 1. The summed E-state index contributed by atoms with van der Waals surface area (Å²) in [6.07, 6.45) is 1.05. The van der Waals surface area contributed by atoms with Gasteiger partial charge in [-0.2, -0.15) is 0 Å². The van der Waals surface area contributed by atoms with Gasteiger partial charge in [0.1, 0.15) is 18.4 Å². The predicted molar refractivity (Wildman–Crippen MR) is 143 cm³/mol. The number of nitrogens with one attached hydrogen (secondary N) is 3. The third-order valence-corrected chi connectivity index (χ3v) is 5.48. The first kappa shape index (κ1) is 28.5. The fraction of sp³-hybridized carbons (Fsp3) is 0.429. The SMILES string of the molecule is CC(C)OC(=O)[C@H](Cc1ccc(OCCCC(=O)NC2=NCCCN2)cc1)NC(=O)OCc1ccccc1. The number of alkyl carbamates (subject to hydrolysis) is 1. The molecule has 0 aromatic heterocycles. The Morgan fingerprint density at radius 2 is 1.79 bits per heavy atom. The number of amides is 2. The highest BCUT2D eigenvalue weighted by molar-refractivity contribution is 5.97. The Bertz CT molecular complexity index is 1070. The zero-order chi connectivity index (χ0) is 27.2. The molecule has 3 rings (SSSR count). The lowest BCUT2D eigenvalue weighted by molar-refractivity contribution is -0.149. The van der Waals surface area contributed by atoms with Gasteiger partial charge in [-0.1, -0.05) is 42.5 Å². The van der Waals surface area contributed by atoms with Gasteiger partial charge in [-0.3, -0.25) is 15.1 Å². The van der Waals surface area contributed by atoms with Crippen LogP contribution < -0.4 is 20.7 Å². The molecule has 2 aromatic carbocycles. The van der Waals surface area contributed by atoms with Gasteiger partial charge in [0, 0.05) is 25.9 Å². The summed E-state index contributed by atoms with van der Waals surface area (Å²) >= 11 is 0. The second kappa shape index (κ2) is 15.2.